The van der Waals surface area contributed by atoms with Gasteiger partial charge in [-0.3, -0.25) is 9.59 Å². The van der Waals surface area contributed by atoms with Crippen LogP contribution >= 0.6 is 0 Å². The van der Waals surface area contributed by atoms with E-state index in [1.54, 1.807) is 0 Å². The summed E-state index contributed by atoms with van der Waals surface area (Å²) >= 11 is 0. The van der Waals surface area contributed by atoms with Gasteiger partial charge in [-0.2, -0.15) is 0 Å². The van der Waals surface area contributed by atoms with E-state index in [0.717, 1.165) is 41.8 Å². The summed E-state index contributed by atoms with van der Waals surface area (Å²) in [6.07, 6.45) is 3.87. The van der Waals surface area contributed by atoms with Crippen molar-refractivity contribution in [1.29, 1.82) is 0 Å². The fourth-order valence-corrected chi connectivity index (χ4v) is 5.54. The Balaban J connectivity index is 1.40. The molecule has 3 aromatic rings. The van der Waals surface area contributed by atoms with Crippen molar-refractivity contribution in [3.63, 3.8) is 0 Å². The van der Waals surface area contributed by atoms with Crippen LogP contribution in [0.5, 0.6) is 5.75 Å². The molecule has 216 valence electrons. The lowest BCUT2D eigenvalue weighted by Crippen LogP contribution is -2.35. The van der Waals surface area contributed by atoms with Crippen LogP contribution < -0.4 is 15.4 Å². The average Bonchev–Trinajstić information content (AvgIpc) is 3.47. The molecule has 2 N–H and O–H groups in total. The van der Waals surface area contributed by atoms with Gasteiger partial charge < -0.3 is 29.4 Å². The molecule has 0 bridgehead atoms. The Labute approximate surface area is 240 Å². The van der Waals surface area contributed by atoms with Gasteiger partial charge in [-0.05, 0) is 56.4 Å². The molecule has 2 saturated heterocycles. The third-order valence-electron chi connectivity index (χ3n) is 7.74. The molecule has 0 radical (unpaired) electrons. The largest absolute Gasteiger partial charge is 0.488 e. The van der Waals surface area contributed by atoms with E-state index in [-0.39, 0.29) is 17.6 Å². The van der Waals surface area contributed by atoms with Crippen LogP contribution in [0.25, 0.3) is 17.2 Å². The van der Waals surface area contributed by atoms with Crippen LogP contribution in [0.1, 0.15) is 48.6 Å². The number of aldehydes is 1. The molecular weight excluding hydrogens is 522 g/mol. The van der Waals surface area contributed by atoms with Crippen LogP contribution in [-0.4, -0.2) is 73.8 Å². The Hall–Kier alpha value is -4.18. The number of rotatable bonds is 9. The molecule has 10 nitrogen and oxygen atoms in total. The number of ether oxygens (including phenoxy) is 2. The number of amides is 1. The van der Waals surface area contributed by atoms with E-state index in [0.29, 0.717) is 62.1 Å². The molecule has 2 aliphatic rings. The summed E-state index contributed by atoms with van der Waals surface area (Å²) in [5.74, 6) is 1.12. The highest BCUT2D eigenvalue weighted by Gasteiger charge is 2.30. The Bertz CT molecular complexity index is 1420. The topological polar surface area (TPSA) is 124 Å². The third kappa shape index (κ3) is 6.27. The number of benzene rings is 2. The number of aromatic nitrogens is 2. The normalized spacial score (nSPS) is 18.5. The van der Waals surface area contributed by atoms with Gasteiger partial charge in [-0.15, -0.1) is 10.2 Å². The quantitative estimate of drug-likeness (QED) is 0.180. The van der Waals surface area contributed by atoms with Gasteiger partial charge in [0.25, 0.3) is 5.91 Å². The molecule has 1 atom stereocenters. The zero-order valence-corrected chi connectivity index (χ0v) is 23.8. The first-order chi connectivity index (χ1) is 19.9. The average molecular weight is 560 g/mol. The second-order valence-electron chi connectivity index (χ2n) is 10.8. The number of nitrogens with two attached hydrogens (primary N) is 1. The van der Waals surface area contributed by atoms with Crippen molar-refractivity contribution in [3.05, 3.63) is 65.1 Å². The van der Waals surface area contributed by atoms with E-state index in [9.17, 15) is 9.59 Å². The first kappa shape index (κ1) is 28.4. The van der Waals surface area contributed by atoms with E-state index in [1.807, 2.05) is 68.4 Å². The van der Waals surface area contributed by atoms with Crippen molar-refractivity contribution in [1.82, 2.24) is 15.1 Å². The molecule has 3 heterocycles. The molecule has 1 unspecified atom stereocenters. The number of nitrogens with zero attached hydrogens (tertiary/aromatic N) is 4. The Kier molecular flexibility index (Phi) is 8.68. The van der Waals surface area contributed by atoms with Gasteiger partial charge >= 0.3 is 0 Å². The standard InChI is InChI=1S/C31H37N5O5/c1-20-7-4-5-9-24(20)31-34-33-30(41-31)21-12-14-36(15-13-21)28(26(18-37)29(32)38)25-11-10-22(17-27(25)35(2)3)40-23-8-6-16-39-19-23/h4-5,7,9-11,17-18,21,23H,6,8,12-16,19H2,1-3H3,(H2,32,38)/b28-26-. The third-order valence-corrected chi connectivity index (χ3v) is 7.74. The van der Waals surface area contributed by atoms with E-state index in [1.165, 1.54) is 0 Å². The lowest BCUT2D eigenvalue weighted by atomic mass is 9.94. The molecule has 0 aliphatic carbocycles. The summed E-state index contributed by atoms with van der Waals surface area (Å²) in [4.78, 5) is 28.7. The van der Waals surface area contributed by atoms with Crippen LogP contribution in [0, 0.1) is 6.92 Å². The molecule has 5 rings (SSSR count). The van der Waals surface area contributed by atoms with Crippen molar-refractivity contribution < 1.29 is 23.5 Å². The zero-order chi connectivity index (χ0) is 28.9. The number of hydrogen-bond donors (Lipinski definition) is 1. The van der Waals surface area contributed by atoms with E-state index in [2.05, 4.69) is 15.1 Å². The van der Waals surface area contributed by atoms with Crippen molar-refractivity contribution in [2.24, 2.45) is 5.73 Å². The summed E-state index contributed by atoms with van der Waals surface area (Å²) in [5, 5.41) is 8.65. The Morgan fingerprint density at radius 1 is 1.12 bits per heavy atom. The van der Waals surface area contributed by atoms with Crippen molar-refractivity contribution >= 4 is 23.6 Å². The van der Waals surface area contributed by atoms with Crippen LogP contribution in [0.4, 0.5) is 5.69 Å². The van der Waals surface area contributed by atoms with E-state index >= 15 is 0 Å². The summed E-state index contributed by atoms with van der Waals surface area (Å²) in [6, 6.07) is 13.6. The molecule has 2 aliphatic heterocycles. The van der Waals surface area contributed by atoms with Crippen LogP contribution in [-0.2, 0) is 14.3 Å². The van der Waals surface area contributed by atoms with Crippen molar-refractivity contribution in [2.75, 3.05) is 45.3 Å². The van der Waals surface area contributed by atoms with Crippen LogP contribution in [0.15, 0.2) is 52.5 Å². The molecule has 0 saturated carbocycles. The van der Waals surface area contributed by atoms with Gasteiger partial charge in [0, 0.05) is 62.6 Å². The Morgan fingerprint density at radius 2 is 1.90 bits per heavy atom. The summed E-state index contributed by atoms with van der Waals surface area (Å²) in [5.41, 5.74) is 9.73. The van der Waals surface area contributed by atoms with Gasteiger partial charge in [-0.1, -0.05) is 18.2 Å². The van der Waals surface area contributed by atoms with Crippen LogP contribution in [0.2, 0.25) is 0 Å². The molecule has 2 fully saturated rings. The smallest absolute Gasteiger partial charge is 0.254 e. The predicted molar refractivity (Wildman–Crippen MR) is 155 cm³/mol. The van der Waals surface area contributed by atoms with Crippen molar-refractivity contribution in [3.8, 4) is 17.2 Å². The fraction of sp³-hybridized carbons (Fsp3) is 0.419. The van der Waals surface area contributed by atoms with E-state index < -0.39 is 5.91 Å². The minimum Gasteiger partial charge on any atom is -0.488 e. The second-order valence-corrected chi connectivity index (χ2v) is 10.8. The number of piperidine rings is 1. The molecular formula is C31H37N5O5. The highest BCUT2D eigenvalue weighted by atomic mass is 16.5. The second kappa shape index (κ2) is 12.6. The SMILES string of the molecule is Cc1ccccc1-c1nnc(C2CCN(/C(=C(/C=O)C(N)=O)c3ccc(OC4CCCOC4)cc3N(C)C)CC2)o1. The minimum atomic E-state index is -0.763. The van der Waals surface area contributed by atoms with Gasteiger partial charge in [-0.25, -0.2) is 0 Å². The van der Waals surface area contributed by atoms with Gasteiger partial charge in [0.15, 0.2) is 6.29 Å². The lowest BCUT2D eigenvalue weighted by molar-refractivity contribution is -0.116. The van der Waals surface area contributed by atoms with Gasteiger partial charge in [0.1, 0.15) is 17.4 Å². The highest BCUT2D eigenvalue weighted by molar-refractivity contribution is 6.16. The lowest BCUT2D eigenvalue weighted by Gasteiger charge is -2.36. The molecule has 1 amide bonds. The number of aryl methyl sites for hydroxylation is 1. The first-order valence-electron chi connectivity index (χ1n) is 14.1. The summed E-state index contributed by atoms with van der Waals surface area (Å²) < 4.78 is 17.9. The number of carbonyl (C=O) groups excluding carboxylic acids is 2. The molecule has 2 aromatic carbocycles. The zero-order valence-electron chi connectivity index (χ0n) is 23.8. The summed E-state index contributed by atoms with van der Waals surface area (Å²) in [7, 11) is 3.84. The maximum absolute atomic E-state index is 12.5. The first-order valence-corrected chi connectivity index (χ1v) is 14.1. The maximum Gasteiger partial charge on any atom is 0.254 e. The molecule has 0 spiro atoms. The fourth-order valence-electron chi connectivity index (χ4n) is 5.54. The Morgan fingerprint density at radius 3 is 2.56 bits per heavy atom. The van der Waals surface area contributed by atoms with Gasteiger partial charge in [0.05, 0.1) is 12.3 Å². The molecule has 1 aromatic heterocycles. The number of carbonyl (C=O) groups is 2. The van der Waals surface area contributed by atoms with E-state index in [4.69, 9.17) is 19.6 Å². The number of anilines is 1. The van der Waals surface area contributed by atoms with Gasteiger partial charge in [0.2, 0.25) is 11.8 Å². The minimum absolute atomic E-state index is 0.00849. The monoisotopic (exact) mass is 559 g/mol. The van der Waals surface area contributed by atoms with Crippen molar-refractivity contribution in [2.45, 2.75) is 44.6 Å². The highest BCUT2D eigenvalue weighted by Crippen LogP contribution is 2.38. The molecule has 41 heavy (non-hydrogen) atoms. The van der Waals surface area contributed by atoms with Crippen LogP contribution in [0.3, 0.4) is 0 Å². The number of likely N-dealkylation sites (tertiary alicyclic amines) is 1. The molecule has 10 heteroatoms. The maximum atomic E-state index is 12.5. The number of primary amides is 1. The predicted octanol–water partition coefficient (Wildman–Crippen LogP) is 3.94. The number of hydrogen-bond acceptors (Lipinski definition) is 9. The summed E-state index contributed by atoms with van der Waals surface area (Å²) in [6.45, 7) is 4.49.